The first-order valence-corrected chi connectivity index (χ1v) is 8.44. The number of nitrogens with two attached hydrogens (primary N) is 1. The maximum Gasteiger partial charge on any atom is 0.225 e. The van der Waals surface area contributed by atoms with Gasteiger partial charge in [0.15, 0.2) is 0 Å². The molecule has 0 bridgehead atoms. The van der Waals surface area contributed by atoms with Crippen LogP contribution in [0.5, 0.6) is 0 Å². The van der Waals surface area contributed by atoms with Gasteiger partial charge < -0.3 is 20.6 Å². The minimum Gasteiger partial charge on any atom is -0.391 e. The molecule has 8 heteroatoms. The smallest absolute Gasteiger partial charge is 0.225 e. The zero-order valence-corrected chi connectivity index (χ0v) is 16.1. The van der Waals surface area contributed by atoms with Gasteiger partial charge in [-0.05, 0) is 37.8 Å². The zero-order chi connectivity index (χ0) is 16.4. The summed E-state index contributed by atoms with van der Waals surface area (Å²) in [5, 5.41) is 9.78. The lowest BCUT2D eigenvalue weighted by Crippen LogP contribution is -2.38. The second kappa shape index (κ2) is 9.57. The number of aryl methyl sites for hydroxylation is 1. The van der Waals surface area contributed by atoms with E-state index in [0.29, 0.717) is 12.8 Å². The Morgan fingerprint density at radius 2 is 2.00 bits per heavy atom. The Hall–Kier alpha value is -1.08. The summed E-state index contributed by atoms with van der Waals surface area (Å²) < 4.78 is 0. The summed E-state index contributed by atoms with van der Waals surface area (Å²) in [6.45, 7) is 5.35. The third-order valence-corrected chi connectivity index (χ3v) is 5.07. The first-order chi connectivity index (χ1) is 11.1. The number of rotatable bonds is 2. The van der Waals surface area contributed by atoms with E-state index >= 15 is 0 Å². The first kappa shape index (κ1) is 22.0. The Morgan fingerprint density at radius 3 is 2.64 bits per heavy atom. The van der Waals surface area contributed by atoms with Gasteiger partial charge in [-0.2, -0.15) is 0 Å². The van der Waals surface area contributed by atoms with E-state index in [4.69, 9.17) is 5.73 Å². The Labute approximate surface area is 161 Å². The summed E-state index contributed by atoms with van der Waals surface area (Å²) in [4.78, 5) is 21.1. The SMILES string of the molecule is Cc1cnccc1N1CCCN(C(=O)[C@H]2C[C@H](N)[C@@H](O)C2)CC1.Cl.Cl. The summed E-state index contributed by atoms with van der Waals surface area (Å²) in [7, 11) is 0. The molecule has 1 aliphatic heterocycles. The molecule has 3 rings (SSSR count). The molecule has 2 fully saturated rings. The van der Waals surface area contributed by atoms with Crippen LogP contribution in [0, 0.1) is 12.8 Å². The molecule has 0 radical (unpaired) electrons. The molecule has 1 saturated heterocycles. The summed E-state index contributed by atoms with van der Waals surface area (Å²) >= 11 is 0. The minimum atomic E-state index is -0.535. The largest absolute Gasteiger partial charge is 0.391 e. The van der Waals surface area contributed by atoms with Crippen molar-refractivity contribution in [1.29, 1.82) is 0 Å². The monoisotopic (exact) mass is 390 g/mol. The molecular formula is C17H28Cl2N4O2. The molecule has 2 aliphatic rings. The predicted octanol–water partition coefficient (Wildman–Crippen LogP) is 1.37. The lowest BCUT2D eigenvalue weighted by atomic mass is 10.1. The van der Waals surface area contributed by atoms with Gasteiger partial charge >= 0.3 is 0 Å². The van der Waals surface area contributed by atoms with E-state index in [0.717, 1.165) is 38.2 Å². The van der Waals surface area contributed by atoms with Crippen LogP contribution < -0.4 is 10.6 Å². The summed E-state index contributed by atoms with van der Waals surface area (Å²) in [5.41, 5.74) is 8.21. The van der Waals surface area contributed by atoms with Crippen LogP contribution >= 0.6 is 24.8 Å². The van der Waals surface area contributed by atoms with E-state index in [2.05, 4.69) is 16.8 Å². The molecule has 1 aromatic heterocycles. The van der Waals surface area contributed by atoms with Gasteiger partial charge in [0.25, 0.3) is 0 Å². The second-order valence-electron chi connectivity index (χ2n) is 6.73. The normalized spacial score (nSPS) is 26.4. The van der Waals surface area contributed by atoms with Crippen molar-refractivity contribution in [3.63, 3.8) is 0 Å². The molecule has 0 spiro atoms. The molecule has 1 saturated carbocycles. The Kier molecular flexibility index (Phi) is 8.41. The standard InChI is InChI=1S/C17H26N4O2.2ClH/c1-12-11-19-4-3-15(12)20-5-2-6-21(8-7-20)17(23)13-9-14(18)16(22)10-13;;/h3-4,11,13-14,16,22H,2,5-10,18H2,1H3;2*1H/t13-,14-,16-;;/m0../s1. The van der Waals surface area contributed by atoms with Gasteiger partial charge in [-0.1, -0.05) is 0 Å². The quantitative estimate of drug-likeness (QED) is 0.796. The number of carbonyl (C=O) groups is 1. The predicted molar refractivity (Wildman–Crippen MR) is 104 cm³/mol. The van der Waals surface area contributed by atoms with Crippen molar-refractivity contribution in [2.45, 2.75) is 38.3 Å². The van der Waals surface area contributed by atoms with Crippen molar-refractivity contribution in [1.82, 2.24) is 9.88 Å². The van der Waals surface area contributed by atoms with Crippen molar-refractivity contribution < 1.29 is 9.90 Å². The molecule has 25 heavy (non-hydrogen) atoms. The average molecular weight is 391 g/mol. The number of hydrogen-bond donors (Lipinski definition) is 2. The third-order valence-electron chi connectivity index (χ3n) is 5.07. The van der Waals surface area contributed by atoms with E-state index in [9.17, 15) is 9.90 Å². The van der Waals surface area contributed by atoms with Gasteiger partial charge in [-0.15, -0.1) is 24.8 Å². The minimum absolute atomic E-state index is 0. The number of hydrogen-bond acceptors (Lipinski definition) is 5. The summed E-state index contributed by atoms with van der Waals surface area (Å²) in [6.07, 6.45) is 5.22. The zero-order valence-electron chi connectivity index (χ0n) is 14.5. The van der Waals surface area contributed by atoms with Crippen molar-refractivity contribution in [3.05, 3.63) is 24.0 Å². The van der Waals surface area contributed by atoms with Crippen LogP contribution in [0.25, 0.3) is 0 Å². The number of halogens is 2. The Bertz CT molecular complexity index is 565. The molecule has 3 atom stereocenters. The molecule has 2 heterocycles. The molecule has 3 N–H and O–H groups in total. The fourth-order valence-corrected chi connectivity index (χ4v) is 3.71. The van der Waals surface area contributed by atoms with E-state index < -0.39 is 6.10 Å². The van der Waals surface area contributed by atoms with Crippen molar-refractivity contribution >= 4 is 36.4 Å². The molecular weight excluding hydrogens is 363 g/mol. The van der Waals surface area contributed by atoms with E-state index in [1.54, 1.807) is 0 Å². The highest BCUT2D eigenvalue weighted by atomic mass is 35.5. The molecule has 0 aromatic carbocycles. The van der Waals surface area contributed by atoms with Gasteiger partial charge in [-0.25, -0.2) is 0 Å². The summed E-state index contributed by atoms with van der Waals surface area (Å²) in [5.74, 6) is 0.0412. The molecule has 1 amide bonds. The molecule has 0 unspecified atom stereocenters. The van der Waals surface area contributed by atoms with E-state index in [1.165, 1.54) is 5.69 Å². The highest BCUT2D eigenvalue weighted by Crippen LogP contribution is 2.27. The topological polar surface area (TPSA) is 82.7 Å². The fraction of sp³-hybridized carbons (Fsp3) is 0.647. The Balaban J connectivity index is 0.00000156. The number of anilines is 1. The lowest BCUT2D eigenvalue weighted by molar-refractivity contribution is -0.135. The van der Waals surface area contributed by atoms with Gasteiger partial charge in [0.05, 0.1) is 6.10 Å². The number of aromatic nitrogens is 1. The van der Waals surface area contributed by atoms with Crippen LogP contribution in [0.2, 0.25) is 0 Å². The number of pyridine rings is 1. The van der Waals surface area contributed by atoms with Gasteiger partial charge in [0, 0.05) is 56.2 Å². The molecule has 142 valence electrons. The maximum atomic E-state index is 12.7. The van der Waals surface area contributed by atoms with Crippen LogP contribution in [0.4, 0.5) is 5.69 Å². The van der Waals surface area contributed by atoms with Gasteiger partial charge in [0.2, 0.25) is 5.91 Å². The van der Waals surface area contributed by atoms with Crippen LogP contribution in [-0.2, 0) is 4.79 Å². The Morgan fingerprint density at radius 1 is 1.24 bits per heavy atom. The number of aliphatic hydroxyl groups is 1. The van der Waals surface area contributed by atoms with Gasteiger partial charge in [-0.3, -0.25) is 9.78 Å². The van der Waals surface area contributed by atoms with Crippen molar-refractivity contribution in [2.75, 3.05) is 31.1 Å². The van der Waals surface area contributed by atoms with E-state index in [-0.39, 0.29) is 42.7 Å². The van der Waals surface area contributed by atoms with Gasteiger partial charge in [0.1, 0.15) is 0 Å². The third kappa shape index (κ3) is 4.97. The van der Waals surface area contributed by atoms with Crippen molar-refractivity contribution in [3.8, 4) is 0 Å². The fourth-order valence-electron chi connectivity index (χ4n) is 3.71. The highest BCUT2D eigenvalue weighted by Gasteiger charge is 2.37. The van der Waals surface area contributed by atoms with Crippen LogP contribution in [0.3, 0.4) is 0 Å². The van der Waals surface area contributed by atoms with E-state index in [1.807, 2.05) is 23.4 Å². The van der Waals surface area contributed by atoms with Crippen LogP contribution in [0.15, 0.2) is 18.5 Å². The summed E-state index contributed by atoms with van der Waals surface area (Å²) in [6, 6.07) is 1.78. The lowest BCUT2D eigenvalue weighted by Gasteiger charge is -2.26. The number of amides is 1. The average Bonchev–Trinajstić information content (AvgIpc) is 2.76. The number of aliphatic hydroxyl groups excluding tert-OH is 1. The first-order valence-electron chi connectivity index (χ1n) is 8.44. The second-order valence-corrected chi connectivity index (χ2v) is 6.73. The van der Waals surface area contributed by atoms with Crippen LogP contribution in [-0.4, -0.2) is 59.2 Å². The molecule has 6 nitrogen and oxygen atoms in total. The number of carbonyl (C=O) groups excluding carboxylic acids is 1. The maximum absolute atomic E-state index is 12.7. The number of nitrogens with zero attached hydrogens (tertiary/aromatic N) is 3. The van der Waals surface area contributed by atoms with Crippen molar-refractivity contribution in [2.24, 2.45) is 11.7 Å². The molecule has 1 aliphatic carbocycles. The highest BCUT2D eigenvalue weighted by molar-refractivity contribution is 5.85. The van der Waals surface area contributed by atoms with Crippen LogP contribution in [0.1, 0.15) is 24.8 Å². The molecule has 1 aromatic rings.